The SMILES string of the molecule is COc1ccc(Cl)cc1C(=O)NCCc1ccc(-c2ccc(S(C)(=O)=O)cc2)c(S(=O)(=O)/N=C\N(C)C)c1. The molecule has 0 bridgehead atoms. The van der Waals surface area contributed by atoms with Gasteiger partial charge in [0.2, 0.25) is 0 Å². The molecule has 9 nitrogen and oxygen atoms in total. The van der Waals surface area contributed by atoms with Crippen LogP contribution in [0, 0.1) is 0 Å². The molecular formula is C26H28ClN3O6S2. The summed E-state index contributed by atoms with van der Waals surface area (Å²) in [6.45, 7) is 0.220. The van der Waals surface area contributed by atoms with Crippen LogP contribution in [0.1, 0.15) is 15.9 Å². The summed E-state index contributed by atoms with van der Waals surface area (Å²) in [5.74, 6) is 0.000595. The molecule has 202 valence electrons. The van der Waals surface area contributed by atoms with Crippen LogP contribution in [0.2, 0.25) is 5.02 Å². The number of nitrogens with one attached hydrogen (secondary N) is 1. The summed E-state index contributed by atoms with van der Waals surface area (Å²) in [5.41, 5.74) is 1.83. The van der Waals surface area contributed by atoms with Crippen molar-refractivity contribution < 1.29 is 26.4 Å². The summed E-state index contributed by atoms with van der Waals surface area (Å²) in [7, 11) is -2.75. The van der Waals surface area contributed by atoms with Crippen LogP contribution in [0.4, 0.5) is 0 Å². The molecule has 0 aliphatic rings. The predicted octanol–water partition coefficient (Wildman–Crippen LogP) is 3.67. The van der Waals surface area contributed by atoms with Crippen molar-refractivity contribution in [2.45, 2.75) is 16.2 Å². The lowest BCUT2D eigenvalue weighted by Gasteiger charge is -2.13. The van der Waals surface area contributed by atoms with Crippen LogP contribution >= 0.6 is 11.6 Å². The zero-order valence-corrected chi connectivity index (χ0v) is 23.7. The molecule has 1 N–H and O–H groups in total. The standard InChI is InChI=1S/C26H28ClN3O6S2/c1-30(2)17-29-38(34,35)25-15-18(5-11-22(25)19-6-9-21(10-7-19)37(4,32)33)13-14-28-26(31)23-16-20(27)8-12-24(23)36-3/h5-12,15-17H,13-14H2,1-4H3,(H,28,31)/b29-17-. The zero-order valence-electron chi connectivity index (χ0n) is 21.3. The van der Waals surface area contributed by atoms with Gasteiger partial charge in [-0.1, -0.05) is 35.9 Å². The minimum absolute atomic E-state index is 0.0388. The average Bonchev–Trinajstić information content (AvgIpc) is 2.87. The Hall–Kier alpha value is -3.41. The lowest BCUT2D eigenvalue weighted by molar-refractivity contribution is 0.0951. The monoisotopic (exact) mass is 577 g/mol. The minimum atomic E-state index is -4.10. The number of sulfonamides is 1. The maximum absolute atomic E-state index is 13.2. The van der Waals surface area contributed by atoms with E-state index in [1.807, 2.05) is 0 Å². The summed E-state index contributed by atoms with van der Waals surface area (Å²) in [6, 6.07) is 15.6. The fourth-order valence-corrected chi connectivity index (χ4v) is 5.54. The second-order valence-electron chi connectivity index (χ2n) is 8.64. The molecule has 0 heterocycles. The predicted molar refractivity (Wildman–Crippen MR) is 148 cm³/mol. The Morgan fingerprint density at radius 3 is 2.32 bits per heavy atom. The van der Waals surface area contributed by atoms with Crippen molar-refractivity contribution >= 4 is 43.7 Å². The van der Waals surface area contributed by atoms with E-state index in [0.717, 1.165) is 6.26 Å². The zero-order chi connectivity index (χ0) is 28.1. The highest BCUT2D eigenvalue weighted by Gasteiger charge is 2.20. The smallest absolute Gasteiger partial charge is 0.284 e. The van der Waals surface area contributed by atoms with E-state index < -0.39 is 19.9 Å². The van der Waals surface area contributed by atoms with Crippen LogP contribution in [0.15, 0.2) is 74.9 Å². The van der Waals surface area contributed by atoms with E-state index in [0.29, 0.717) is 33.9 Å². The summed E-state index contributed by atoms with van der Waals surface area (Å²) in [6.07, 6.45) is 2.63. The number of ether oxygens (including phenoxy) is 1. The topological polar surface area (TPSA) is 122 Å². The van der Waals surface area contributed by atoms with Crippen LogP contribution in [0.5, 0.6) is 5.75 Å². The van der Waals surface area contributed by atoms with Gasteiger partial charge >= 0.3 is 0 Å². The molecule has 3 rings (SSSR count). The molecule has 0 aliphatic carbocycles. The normalized spacial score (nSPS) is 11.9. The van der Waals surface area contributed by atoms with Gasteiger partial charge in [0.15, 0.2) is 9.84 Å². The molecule has 0 aromatic heterocycles. The van der Waals surface area contributed by atoms with Gasteiger partial charge < -0.3 is 15.0 Å². The van der Waals surface area contributed by atoms with E-state index >= 15 is 0 Å². The number of methoxy groups -OCH3 is 1. The van der Waals surface area contributed by atoms with Crippen LogP contribution in [-0.4, -0.2) is 68.0 Å². The van der Waals surface area contributed by atoms with E-state index in [1.165, 1.54) is 42.6 Å². The number of halogens is 1. The highest BCUT2D eigenvalue weighted by atomic mass is 35.5. The van der Waals surface area contributed by atoms with Gasteiger partial charge in [0.25, 0.3) is 15.9 Å². The van der Waals surface area contributed by atoms with Crippen molar-refractivity contribution in [1.82, 2.24) is 10.2 Å². The number of sulfone groups is 1. The second kappa shape index (κ2) is 12.0. The molecule has 0 saturated carbocycles. The molecule has 0 radical (unpaired) electrons. The lowest BCUT2D eigenvalue weighted by Crippen LogP contribution is -2.26. The molecule has 0 atom stereocenters. The summed E-state index contributed by atoms with van der Waals surface area (Å²) in [4.78, 5) is 14.3. The molecule has 3 aromatic carbocycles. The second-order valence-corrected chi connectivity index (χ2v) is 12.7. The van der Waals surface area contributed by atoms with Crippen LogP contribution in [-0.2, 0) is 26.3 Å². The molecule has 0 fully saturated rings. The maximum Gasteiger partial charge on any atom is 0.284 e. The number of hydrogen-bond acceptors (Lipinski definition) is 6. The first-order chi connectivity index (χ1) is 17.8. The lowest BCUT2D eigenvalue weighted by atomic mass is 10.0. The van der Waals surface area contributed by atoms with Crippen LogP contribution in [0.25, 0.3) is 11.1 Å². The Bertz CT molecular complexity index is 1570. The average molecular weight is 578 g/mol. The number of hydrogen-bond donors (Lipinski definition) is 1. The van der Waals surface area contributed by atoms with Crippen LogP contribution in [0.3, 0.4) is 0 Å². The largest absolute Gasteiger partial charge is 0.496 e. The summed E-state index contributed by atoms with van der Waals surface area (Å²) >= 11 is 6.01. The Morgan fingerprint density at radius 1 is 1.03 bits per heavy atom. The third-order valence-corrected chi connectivity index (χ3v) is 8.07. The van der Waals surface area contributed by atoms with E-state index in [9.17, 15) is 21.6 Å². The van der Waals surface area contributed by atoms with Gasteiger partial charge in [0, 0.05) is 37.5 Å². The van der Waals surface area contributed by atoms with Crippen molar-refractivity contribution in [1.29, 1.82) is 0 Å². The van der Waals surface area contributed by atoms with Crippen LogP contribution < -0.4 is 10.1 Å². The van der Waals surface area contributed by atoms with Crippen molar-refractivity contribution in [3.63, 3.8) is 0 Å². The van der Waals surface area contributed by atoms with Crippen molar-refractivity contribution in [3.05, 3.63) is 76.8 Å². The van der Waals surface area contributed by atoms with Gasteiger partial charge in [-0.2, -0.15) is 8.42 Å². The first-order valence-electron chi connectivity index (χ1n) is 11.3. The third-order valence-electron chi connectivity index (χ3n) is 5.44. The third kappa shape index (κ3) is 7.33. The Morgan fingerprint density at radius 2 is 1.71 bits per heavy atom. The minimum Gasteiger partial charge on any atom is -0.496 e. The Kier molecular flexibility index (Phi) is 9.18. The molecule has 0 saturated heterocycles. The number of nitrogens with zero attached hydrogens (tertiary/aromatic N) is 2. The first-order valence-corrected chi connectivity index (χ1v) is 15.0. The number of carbonyl (C=O) groups is 1. The summed E-state index contributed by atoms with van der Waals surface area (Å²) in [5, 5.41) is 3.19. The molecule has 3 aromatic rings. The van der Waals surface area contributed by atoms with Crippen molar-refractivity contribution in [2.24, 2.45) is 4.40 Å². The number of rotatable bonds is 10. The Labute approximate surface area is 228 Å². The molecule has 0 unspecified atom stereocenters. The van der Waals surface area contributed by atoms with Gasteiger partial charge in [-0.25, -0.2) is 8.42 Å². The van der Waals surface area contributed by atoms with Gasteiger partial charge in [-0.05, 0) is 53.9 Å². The quantitative estimate of drug-likeness (QED) is 0.288. The van der Waals surface area contributed by atoms with E-state index in [-0.39, 0.29) is 27.8 Å². The Balaban J connectivity index is 1.91. The molecule has 0 spiro atoms. The fourth-order valence-electron chi connectivity index (χ4n) is 3.54. The molecule has 1 amide bonds. The molecular weight excluding hydrogens is 550 g/mol. The maximum atomic E-state index is 13.2. The molecule has 38 heavy (non-hydrogen) atoms. The van der Waals surface area contributed by atoms with E-state index in [1.54, 1.807) is 50.5 Å². The number of amides is 1. The van der Waals surface area contributed by atoms with Gasteiger partial charge in [-0.15, -0.1) is 4.40 Å². The number of carbonyl (C=O) groups excluding carboxylic acids is 1. The highest BCUT2D eigenvalue weighted by Crippen LogP contribution is 2.31. The van der Waals surface area contributed by atoms with Crippen molar-refractivity contribution in [3.8, 4) is 16.9 Å². The van der Waals surface area contributed by atoms with E-state index in [4.69, 9.17) is 16.3 Å². The summed E-state index contributed by atoms with van der Waals surface area (Å²) < 4.78 is 59.0. The van der Waals surface area contributed by atoms with Crippen molar-refractivity contribution in [2.75, 3.05) is 34.0 Å². The highest BCUT2D eigenvalue weighted by molar-refractivity contribution is 7.90. The molecule has 12 heteroatoms. The number of benzene rings is 3. The first kappa shape index (κ1) is 29.2. The fraction of sp³-hybridized carbons (Fsp3) is 0.231. The van der Waals surface area contributed by atoms with E-state index in [2.05, 4.69) is 9.71 Å². The van der Waals surface area contributed by atoms with Gasteiger partial charge in [-0.3, -0.25) is 4.79 Å². The van der Waals surface area contributed by atoms with Gasteiger partial charge in [0.1, 0.15) is 12.1 Å². The molecule has 0 aliphatic heterocycles. The van der Waals surface area contributed by atoms with Gasteiger partial charge in [0.05, 0.1) is 22.5 Å².